The third-order valence-corrected chi connectivity index (χ3v) is 4.94. The van der Waals surface area contributed by atoms with Crippen molar-refractivity contribution in [1.82, 2.24) is 5.32 Å². The molecule has 0 bridgehead atoms. The monoisotopic (exact) mass is 452 g/mol. The standard InChI is InChI=1S/C24H24N2O7/c1-24(2,3)15-6-8-16(9-7-15)26-22(30)17(21(29)25-23(26)31)11-14-5-10-18(19(12-14)32-4)33-13-20(27)28/h5-12H,13H2,1-4H3,(H,27,28)(H,25,29,31)/b17-11+. The maximum absolute atomic E-state index is 13.1. The molecule has 172 valence electrons. The van der Waals surface area contributed by atoms with Crippen molar-refractivity contribution in [3.05, 3.63) is 59.2 Å². The van der Waals surface area contributed by atoms with Gasteiger partial charge in [-0.2, -0.15) is 0 Å². The summed E-state index contributed by atoms with van der Waals surface area (Å²) in [4.78, 5) is 49.6. The van der Waals surface area contributed by atoms with Crippen LogP contribution >= 0.6 is 0 Å². The molecule has 0 aliphatic carbocycles. The van der Waals surface area contributed by atoms with Gasteiger partial charge >= 0.3 is 12.0 Å². The minimum atomic E-state index is -1.15. The minimum absolute atomic E-state index is 0.104. The van der Waals surface area contributed by atoms with E-state index in [2.05, 4.69) is 5.32 Å². The van der Waals surface area contributed by atoms with Gasteiger partial charge in [-0.15, -0.1) is 0 Å². The molecule has 0 atom stereocenters. The first-order valence-corrected chi connectivity index (χ1v) is 10.1. The molecular weight excluding hydrogens is 428 g/mol. The van der Waals surface area contributed by atoms with Crippen LogP contribution in [0.4, 0.5) is 10.5 Å². The third-order valence-electron chi connectivity index (χ3n) is 4.94. The molecule has 0 unspecified atom stereocenters. The number of ether oxygens (including phenoxy) is 2. The summed E-state index contributed by atoms with van der Waals surface area (Å²) in [6, 6.07) is 10.6. The predicted octanol–water partition coefficient (Wildman–Crippen LogP) is 3.12. The van der Waals surface area contributed by atoms with Crippen molar-refractivity contribution >= 4 is 35.6 Å². The third kappa shape index (κ3) is 5.20. The summed E-state index contributed by atoms with van der Waals surface area (Å²) in [5, 5.41) is 11.0. The second-order valence-electron chi connectivity index (χ2n) is 8.35. The highest BCUT2D eigenvalue weighted by Gasteiger charge is 2.37. The maximum atomic E-state index is 13.1. The summed E-state index contributed by atoms with van der Waals surface area (Å²) < 4.78 is 10.4. The molecule has 1 aliphatic heterocycles. The van der Waals surface area contributed by atoms with Crippen molar-refractivity contribution in [2.24, 2.45) is 0 Å². The summed E-state index contributed by atoms with van der Waals surface area (Å²) in [6.45, 7) is 5.59. The Hall–Kier alpha value is -4.14. The van der Waals surface area contributed by atoms with Crippen molar-refractivity contribution < 1.29 is 33.8 Å². The molecular formula is C24H24N2O7. The van der Waals surface area contributed by atoms with Crippen LogP contribution in [0.5, 0.6) is 11.5 Å². The molecule has 0 aromatic heterocycles. The Morgan fingerprint density at radius 3 is 2.30 bits per heavy atom. The molecule has 4 amide bonds. The number of amides is 4. The van der Waals surface area contributed by atoms with Gasteiger partial charge in [-0.05, 0) is 46.9 Å². The van der Waals surface area contributed by atoms with Gasteiger partial charge in [-0.25, -0.2) is 14.5 Å². The normalized spacial score (nSPS) is 15.5. The lowest BCUT2D eigenvalue weighted by Gasteiger charge is -2.27. The molecule has 0 radical (unpaired) electrons. The number of nitrogens with one attached hydrogen (secondary N) is 1. The molecule has 2 N–H and O–H groups in total. The number of carbonyl (C=O) groups excluding carboxylic acids is 3. The summed E-state index contributed by atoms with van der Waals surface area (Å²) >= 11 is 0. The van der Waals surface area contributed by atoms with Gasteiger partial charge in [0.25, 0.3) is 11.8 Å². The first-order chi connectivity index (χ1) is 15.5. The summed E-state index contributed by atoms with van der Waals surface area (Å²) in [5.41, 5.74) is 1.44. The van der Waals surface area contributed by atoms with E-state index in [1.165, 1.54) is 31.4 Å². The van der Waals surface area contributed by atoms with Gasteiger partial charge in [0.05, 0.1) is 12.8 Å². The summed E-state index contributed by atoms with van der Waals surface area (Å²) in [6.07, 6.45) is 1.32. The van der Waals surface area contributed by atoms with E-state index >= 15 is 0 Å². The van der Waals surface area contributed by atoms with Crippen LogP contribution in [-0.2, 0) is 19.8 Å². The molecule has 0 saturated carbocycles. The Balaban J connectivity index is 1.93. The molecule has 2 aromatic rings. The molecule has 1 saturated heterocycles. The zero-order valence-electron chi connectivity index (χ0n) is 18.7. The first-order valence-electron chi connectivity index (χ1n) is 10.1. The molecule has 33 heavy (non-hydrogen) atoms. The van der Waals surface area contributed by atoms with Crippen LogP contribution in [0, 0.1) is 0 Å². The SMILES string of the molecule is COc1cc(/C=C2\C(=O)NC(=O)N(c3ccc(C(C)(C)C)cc3)C2=O)ccc1OCC(=O)O. The zero-order valence-corrected chi connectivity index (χ0v) is 18.7. The maximum Gasteiger partial charge on any atom is 0.341 e. The van der Waals surface area contributed by atoms with Crippen LogP contribution in [0.3, 0.4) is 0 Å². The fraction of sp³-hybridized carbons (Fsp3) is 0.250. The molecule has 1 aliphatic rings. The largest absolute Gasteiger partial charge is 0.493 e. The van der Waals surface area contributed by atoms with Crippen LogP contribution in [0.25, 0.3) is 6.08 Å². The minimum Gasteiger partial charge on any atom is -0.493 e. The average Bonchev–Trinajstić information content (AvgIpc) is 2.75. The van der Waals surface area contributed by atoms with Crippen molar-refractivity contribution in [1.29, 1.82) is 0 Å². The number of benzene rings is 2. The Morgan fingerprint density at radius 1 is 1.06 bits per heavy atom. The number of rotatable bonds is 6. The van der Waals surface area contributed by atoms with Crippen LogP contribution < -0.4 is 19.7 Å². The highest BCUT2D eigenvalue weighted by atomic mass is 16.5. The van der Waals surface area contributed by atoms with Gasteiger partial charge in [0.15, 0.2) is 18.1 Å². The number of hydrogen-bond donors (Lipinski definition) is 2. The molecule has 2 aromatic carbocycles. The number of anilines is 1. The van der Waals surface area contributed by atoms with Crippen molar-refractivity contribution in [3.63, 3.8) is 0 Å². The quantitative estimate of drug-likeness (QED) is 0.510. The van der Waals surface area contributed by atoms with E-state index < -0.39 is 30.4 Å². The average molecular weight is 452 g/mol. The Morgan fingerprint density at radius 2 is 1.73 bits per heavy atom. The zero-order chi connectivity index (χ0) is 24.3. The number of carboxylic acids is 1. The van der Waals surface area contributed by atoms with Gasteiger partial charge in [-0.1, -0.05) is 39.0 Å². The number of hydrogen-bond acceptors (Lipinski definition) is 6. The van der Waals surface area contributed by atoms with E-state index in [0.717, 1.165) is 10.5 Å². The van der Waals surface area contributed by atoms with Crippen LogP contribution in [0.15, 0.2) is 48.0 Å². The highest BCUT2D eigenvalue weighted by molar-refractivity contribution is 6.39. The summed E-state index contributed by atoms with van der Waals surface area (Å²) in [5.74, 6) is -2.32. The molecule has 3 rings (SSSR count). The van der Waals surface area contributed by atoms with Crippen molar-refractivity contribution in [2.45, 2.75) is 26.2 Å². The lowest BCUT2D eigenvalue weighted by atomic mass is 9.87. The Labute approximate surface area is 190 Å². The topological polar surface area (TPSA) is 122 Å². The van der Waals surface area contributed by atoms with E-state index in [-0.39, 0.29) is 22.5 Å². The van der Waals surface area contributed by atoms with E-state index in [1.807, 2.05) is 32.9 Å². The fourth-order valence-electron chi connectivity index (χ4n) is 3.20. The second-order valence-corrected chi connectivity index (χ2v) is 8.35. The number of methoxy groups -OCH3 is 1. The van der Waals surface area contributed by atoms with Gasteiger partial charge < -0.3 is 14.6 Å². The number of carbonyl (C=O) groups is 4. The van der Waals surface area contributed by atoms with Crippen LogP contribution in [0.2, 0.25) is 0 Å². The van der Waals surface area contributed by atoms with Crippen molar-refractivity contribution in [3.8, 4) is 11.5 Å². The van der Waals surface area contributed by atoms with E-state index in [9.17, 15) is 19.2 Å². The number of carboxylic acid groups (broad SMARTS) is 1. The van der Waals surface area contributed by atoms with E-state index in [4.69, 9.17) is 14.6 Å². The van der Waals surface area contributed by atoms with E-state index in [0.29, 0.717) is 11.3 Å². The molecule has 9 nitrogen and oxygen atoms in total. The molecule has 9 heteroatoms. The van der Waals surface area contributed by atoms with Crippen LogP contribution in [-0.4, -0.2) is 42.6 Å². The number of urea groups is 1. The molecule has 1 heterocycles. The van der Waals surface area contributed by atoms with Crippen LogP contribution in [0.1, 0.15) is 31.9 Å². The lowest BCUT2D eigenvalue weighted by Crippen LogP contribution is -2.54. The lowest BCUT2D eigenvalue weighted by molar-refractivity contribution is -0.139. The highest BCUT2D eigenvalue weighted by Crippen LogP contribution is 2.30. The fourth-order valence-corrected chi connectivity index (χ4v) is 3.20. The smallest absolute Gasteiger partial charge is 0.341 e. The van der Waals surface area contributed by atoms with Gasteiger partial charge in [0.1, 0.15) is 5.57 Å². The Kier molecular flexibility index (Phi) is 6.52. The Bertz CT molecular complexity index is 1140. The molecule has 0 spiro atoms. The van der Waals surface area contributed by atoms with Gasteiger partial charge in [0, 0.05) is 0 Å². The number of barbiturate groups is 1. The summed E-state index contributed by atoms with van der Waals surface area (Å²) in [7, 11) is 1.38. The van der Waals surface area contributed by atoms with Gasteiger partial charge in [-0.3, -0.25) is 14.9 Å². The predicted molar refractivity (Wildman–Crippen MR) is 120 cm³/mol. The van der Waals surface area contributed by atoms with Crippen molar-refractivity contribution in [2.75, 3.05) is 18.6 Å². The molecule has 1 fully saturated rings. The number of imide groups is 2. The van der Waals surface area contributed by atoms with E-state index in [1.54, 1.807) is 12.1 Å². The van der Waals surface area contributed by atoms with Gasteiger partial charge in [0.2, 0.25) is 0 Å². The second kappa shape index (κ2) is 9.15. The number of nitrogens with zero attached hydrogens (tertiary/aromatic N) is 1. The number of aliphatic carboxylic acids is 1. The first kappa shape index (κ1) is 23.5.